The molecule has 8 nitrogen and oxygen atoms in total. The number of likely N-dealkylation sites (tertiary alicyclic amines) is 1. The predicted molar refractivity (Wildman–Crippen MR) is 108 cm³/mol. The van der Waals surface area contributed by atoms with E-state index in [4.69, 9.17) is 0 Å². The fraction of sp³-hybridized carbons (Fsp3) is 0.300. The Morgan fingerprint density at radius 1 is 1.21 bits per heavy atom. The molecule has 0 saturated carbocycles. The second-order valence-electron chi connectivity index (χ2n) is 7.15. The minimum atomic E-state index is -4.16. The van der Waals surface area contributed by atoms with Gasteiger partial charge in [-0.3, -0.25) is 19.3 Å². The van der Waals surface area contributed by atoms with Gasteiger partial charge in [0.15, 0.2) is 4.90 Å². The summed E-state index contributed by atoms with van der Waals surface area (Å²) in [5.41, 5.74) is 0.880. The average molecular weight is 415 g/mol. The van der Waals surface area contributed by atoms with Gasteiger partial charge in [0.2, 0.25) is 0 Å². The van der Waals surface area contributed by atoms with Crippen molar-refractivity contribution in [1.82, 2.24) is 4.90 Å². The van der Waals surface area contributed by atoms with E-state index in [0.717, 1.165) is 5.56 Å². The van der Waals surface area contributed by atoms with Crippen molar-refractivity contribution in [3.8, 4) is 0 Å². The molecule has 2 aromatic rings. The molecular weight excluding hydrogens is 394 g/mol. The second kappa shape index (κ2) is 7.25. The summed E-state index contributed by atoms with van der Waals surface area (Å²) in [6.45, 7) is 4.38. The van der Waals surface area contributed by atoms with Gasteiger partial charge >= 0.3 is 0 Å². The molecule has 4 rings (SSSR count). The Labute approximate surface area is 168 Å². The van der Waals surface area contributed by atoms with E-state index in [1.165, 1.54) is 28.6 Å². The number of sulfonamides is 1. The highest BCUT2D eigenvalue weighted by molar-refractivity contribution is 7.93. The molecule has 0 radical (unpaired) electrons. The van der Waals surface area contributed by atoms with Gasteiger partial charge in [-0.1, -0.05) is 36.4 Å². The van der Waals surface area contributed by atoms with E-state index in [-0.39, 0.29) is 36.0 Å². The number of nitro benzene ring substituents is 1. The zero-order valence-corrected chi connectivity index (χ0v) is 16.4. The molecule has 1 saturated heterocycles. The van der Waals surface area contributed by atoms with Crippen LogP contribution in [0.4, 0.5) is 11.4 Å². The minimum absolute atomic E-state index is 0.00615. The summed E-state index contributed by atoms with van der Waals surface area (Å²) in [6.07, 6.45) is 1.72. The highest BCUT2D eigenvalue weighted by Crippen LogP contribution is 2.49. The van der Waals surface area contributed by atoms with E-state index in [2.05, 4.69) is 6.58 Å². The molecule has 9 heteroatoms. The SMILES string of the molecule is C=CCN1[C@H](CO)[C@@H]2c3ccccc3N(S(=O)(=O)c3ccccc3[N+](=O)[O-])C[C@@H]21. The summed E-state index contributed by atoms with van der Waals surface area (Å²) < 4.78 is 28.3. The Kier molecular flexibility index (Phi) is 4.89. The van der Waals surface area contributed by atoms with Crippen molar-refractivity contribution in [2.45, 2.75) is 22.9 Å². The molecule has 0 unspecified atom stereocenters. The quantitative estimate of drug-likeness (QED) is 0.440. The molecule has 1 N–H and O–H groups in total. The third kappa shape index (κ3) is 2.93. The Morgan fingerprint density at radius 2 is 1.90 bits per heavy atom. The van der Waals surface area contributed by atoms with Crippen LogP contribution < -0.4 is 4.31 Å². The molecule has 2 aliphatic rings. The topological polar surface area (TPSA) is 104 Å². The van der Waals surface area contributed by atoms with Gasteiger partial charge in [-0.15, -0.1) is 6.58 Å². The molecule has 2 aliphatic heterocycles. The summed E-state index contributed by atoms with van der Waals surface area (Å²) in [4.78, 5) is 12.4. The molecule has 29 heavy (non-hydrogen) atoms. The van der Waals surface area contributed by atoms with Crippen molar-refractivity contribution >= 4 is 21.4 Å². The molecule has 2 heterocycles. The van der Waals surface area contributed by atoms with Crippen LogP contribution in [0.25, 0.3) is 0 Å². The van der Waals surface area contributed by atoms with E-state index in [9.17, 15) is 23.6 Å². The summed E-state index contributed by atoms with van der Waals surface area (Å²) in [6, 6.07) is 12.3. The number of rotatable bonds is 6. The lowest BCUT2D eigenvalue weighted by Gasteiger charge is -2.58. The van der Waals surface area contributed by atoms with Crippen LogP contribution in [0.5, 0.6) is 0 Å². The molecule has 0 amide bonds. The van der Waals surface area contributed by atoms with Gasteiger partial charge in [-0.2, -0.15) is 0 Å². The molecule has 2 aromatic carbocycles. The molecule has 152 valence electrons. The lowest BCUT2D eigenvalue weighted by atomic mass is 9.72. The van der Waals surface area contributed by atoms with Crippen molar-refractivity contribution < 1.29 is 18.4 Å². The van der Waals surface area contributed by atoms with Crippen molar-refractivity contribution in [2.75, 3.05) is 24.0 Å². The van der Waals surface area contributed by atoms with Gasteiger partial charge in [0, 0.05) is 30.6 Å². The third-order valence-electron chi connectivity index (χ3n) is 5.76. The molecule has 3 atom stereocenters. The van der Waals surface area contributed by atoms with Crippen molar-refractivity contribution in [3.63, 3.8) is 0 Å². The predicted octanol–water partition coefficient (Wildman–Crippen LogP) is 2.12. The van der Waals surface area contributed by atoms with Crippen molar-refractivity contribution in [3.05, 3.63) is 76.9 Å². The number of nitrogens with zero attached hydrogens (tertiary/aromatic N) is 3. The fourth-order valence-corrected chi connectivity index (χ4v) is 6.19. The van der Waals surface area contributed by atoms with Crippen LogP contribution in [0, 0.1) is 10.1 Å². The average Bonchev–Trinajstić information content (AvgIpc) is 2.71. The molecule has 0 aromatic heterocycles. The van der Waals surface area contributed by atoms with Crippen LogP contribution in [-0.2, 0) is 10.0 Å². The molecular formula is C20H21N3O5S. The third-order valence-corrected chi connectivity index (χ3v) is 7.58. The molecule has 0 bridgehead atoms. The van der Waals surface area contributed by atoms with Crippen LogP contribution in [0.2, 0.25) is 0 Å². The number of aliphatic hydroxyl groups is 1. The zero-order chi connectivity index (χ0) is 20.8. The largest absolute Gasteiger partial charge is 0.395 e. The second-order valence-corrected chi connectivity index (χ2v) is 8.98. The highest BCUT2D eigenvalue weighted by atomic mass is 32.2. The summed E-state index contributed by atoms with van der Waals surface area (Å²) in [5.74, 6) is -0.00615. The lowest BCUT2D eigenvalue weighted by molar-refractivity contribution is -0.387. The van der Waals surface area contributed by atoms with Gasteiger partial charge in [0.05, 0.1) is 23.8 Å². The van der Waals surface area contributed by atoms with Gasteiger partial charge in [0.1, 0.15) is 0 Å². The van der Waals surface area contributed by atoms with Crippen molar-refractivity contribution in [2.24, 2.45) is 0 Å². The maximum Gasteiger partial charge on any atom is 0.289 e. The van der Waals surface area contributed by atoms with Crippen LogP contribution in [0.3, 0.4) is 0 Å². The number of benzene rings is 2. The van der Waals surface area contributed by atoms with E-state index in [0.29, 0.717) is 12.2 Å². The fourth-order valence-electron chi connectivity index (χ4n) is 4.52. The monoisotopic (exact) mass is 415 g/mol. The highest BCUT2D eigenvalue weighted by Gasteiger charge is 2.54. The number of nitro groups is 1. The molecule has 0 aliphatic carbocycles. The lowest BCUT2D eigenvalue weighted by Crippen LogP contribution is -2.69. The Bertz CT molecular complexity index is 1070. The first-order valence-electron chi connectivity index (χ1n) is 9.24. The summed E-state index contributed by atoms with van der Waals surface area (Å²) in [7, 11) is -4.16. The summed E-state index contributed by atoms with van der Waals surface area (Å²) in [5, 5.41) is 21.3. The number of hydrogen-bond donors (Lipinski definition) is 1. The number of fused-ring (bicyclic) bond motifs is 3. The number of anilines is 1. The van der Waals surface area contributed by atoms with Crippen LogP contribution in [0.1, 0.15) is 11.5 Å². The normalized spacial score (nSPS) is 23.6. The maximum atomic E-state index is 13.5. The van der Waals surface area contributed by atoms with Crippen LogP contribution >= 0.6 is 0 Å². The van der Waals surface area contributed by atoms with Gasteiger partial charge < -0.3 is 5.11 Å². The minimum Gasteiger partial charge on any atom is -0.395 e. The first-order valence-corrected chi connectivity index (χ1v) is 10.7. The molecule has 0 spiro atoms. The first-order chi connectivity index (χ1) is 13.9. The van der Waals surface area contributed by atoms with Crippen LogP contribution in [0.15, 0.2) is 66.1 Å². The van der Waals surface area contributed by atoms with Gasteiger partial charge in [-0.05, 0) is 17.7 Å². The first kappa shape index (κ1) is 19.6. The number of hydrogen-bond acceptors (Lipinski definition) is 6. The van der Waals surface area contributed by atoms with Crippen LogP contribution in [-0.4, -0.2) is 55.1 Å². The number of aliphatic hydroxyl groups excluding tert-OH is 1. The Balaban J connectivity index is 1.83. The standard InChI is InChI=1S/C20H21N3O5S/c1-2-11-21-17-12-22(15-8-4-3-7-14(15)20(17)18(21)13-24)29(27,28)19-10-6-5-9-16(19)23(25)26/h2-10,17-18,20,24H,1,11-13H2/t17-,18+,20+/m0/s1. The maximum absolute atomic E-state index is 13.5. The Morgan fingerprint density at radius 3 is 2.59 bits per heavy atom. The smallest absolute Gasteiger partial charge is 0.289 e. The van der Waals surface area contributed by atoms with E-state index in [1.54, 1.807) is 18.2 Å². The van der Waals surface area contributed by atoms with E-state index < -0.39 is 20.6 Å². The molecule has 1 fully saturated rings. The Hall–Kier alpha value is -2.75. The summed E-state index contributed by atoms with van der Waals surface area (Å²) >= 11 is 0. The van der Waals surface area contributed by atoms with Gasteiger partial charge in [-0.25, -0.2) is 8.42 Å². The number of para-hydroxylation sites is 2. The van der Waals surface area contributed by atoms with Gasteiger partial charge in [0.25, 0.3) is 15.7 Å². The van der Waals surface area contributed by atoms with E-state index >= 15 is 0 Å². The van der Waals surface area contributed by atoms with Crippen molar-refractivity contribution in [1.29, 1.82) is 0 Å². The zero-order valence-electron chi connectivity index (χ0n) is 15.6. The van der Waals surface area contributed by atoms with E-state index in [1.807, 2.05) is 17.0 Å².